The molecule has 1 fully saturated rings. The molecule has 0 radical (unpaired) electrons. The summed E-state index contributed by atoms with van der Waals surface area (Å²) in [6, 6.07) is 9.93. The second-order valence-corrected chi connectivity index (χ2v) is 10.1. The molecule has 1 saturated heterocycles. The number of nitrogens with two attached hydrogens (primary N) is 1. The molecule has 7 heteroatoms. The molecule has 1 aliphatic carbocycles. The number of aliphatic hydroxyl groups is 1. The van der Waals surface area contributed by atoms with Crippen molar-refractivity contribution in [1.29, 1.82) is 0 Å². The van der Waals surface area contributed by atoms with Crippen LogP contribution in [0.4, 0.5) is 0 Å². The first-order valence-electron chi connectivity index (χ1n) is 13.4. The maximum atomic E-state index is 14.3. The molecule has 2 amide bonds. The Morgan fingerprint density at radius 1 is 1.22 bits per heavy atom. The molecule has 2 aliphatic rings. The van der Waals surface area contributed by atoms with Crippen LogP contribution in [0.3, 0.4) is 0 Å². The molecule has 2 unspecified atom stereocenters. The number of hydrogen-bond acceptors (Lipinski definition) is 5. The molecule has 36 heavy (non-hydrogen) atoms. The maximum Gasteiger partial charge on any atom is 0.244 e. The first-order valence-corrected chi connectivity index (χ1v) is 13.4. The molecule has 7 nitrogen and oxygen atoms in total. The highest BCUT2D eigenvalue weighted by Gasteiger charge is 2.49. The average Bonchev–Trinajstić information content (AvgIpc) is 3.41. The summed E-state index contributed by atoms with van der Waals surface area (Å²) in [5.41, 5.74) is 6.08. The van der Waals surface area contributed by atoms with E-state index in [-0.39, 0.29) is 18.4 Å². The summed E-state index contributed by atoms with van der Waals surface area (Å²) in [7, 11) is 0. The third-order valence-corrected chi connectivity index (χ3v) is 7.34. The van der Waals surface area contributed by atoms with Crippen LogP contribution in [0.15, 0.2) is 54.1 Å². The van der Waals surface area contributed by atoms with Crippen LogP contribution in [0.1, 0.15) is 51.5 Å². The van der Waals surface area contributed by atoms with Gasteiger partial charge in [-0.1, -0.05) is 62.4 Å². The highest BCUT2D eigenvalue weighted by molar-refractivity contribution is 5.95. The van der Waals surface area contributed by atoms with Gasteiger partial charge < -0.3 is 25.8 Å². The zero-order valence-electron chi connectivity index (χ0n) is 21.8. The molecule has 0 spiro atoms. The fourth-order valence-corrected chi connectivity index (χ4v) is 5.52. The summed E-state index contributed by atoms with van der Waals surface area (Å²) < 4.78 is 5.72. The van der Waals surface area contributed by atoms with Crippen LogP contribution >= 0.6 is 0 Å². The number of hydrogen-bond donors (Lipinski definition) is 3. The highest BCUT2D eigenvalue weighted by atomic mass is 16.5. The molecule has 3 rings (SSSR count). The van der Waals surface area contributed by atoms with Crippen LogP contribution in [-0.2, 0) is 20.7 Å². The van der Waals surface area contributed by atoms with Crippen molar-refractivity contribution in [2.24, 2.45) is 17.1 Å². The number of aliphatic hydroxyl groups excluding tert-OH is 1. The Hall–Kier alpha value is -2.48. The van der Waals surface area contributed by atoms with Crippen molar-refractivity contribution >= 4 is 11.8 Å². The van der Waals surface area contributed by atoms with E-state index in [2.05, 4.69) is 19.2 Å². The fourth-order valence-electron chi connectivity index (χ4n) is 5.52. The van der Waals surface area contributed by atoms with Gasteiger partial charge in [-0.3, -0.25) is 9.59 Å². The largest absolute Gasteiger partial charge is 0.391 e. The van der Waals surface area contributed by atoms with Crippen molar-refractivity contribution in [3.8, 4) is 0 Å². The zero-order valence-corrected chi connectivity index (χ0v) is 21.8. The molecule has 0 aromatic heterocycles. The standard InChI is InChI=1S/C29H43N3O4/c1-3-15-32(16-4-2)28(35)29(14-8-12-23(19-29)27(30)34)25(18-22-10-6-5-7-11-22)26(33)21-31-20-24-13-9-17-36-24/h5-8,10-12,14,24-26,31,33H,3-4,9,13,15-21H2,1-2H3,(H2,30,34)/t24?,25-,26+,29?/m1/s1. The van der Waals surface area contributed by atoms with Crippen molar-refractivity contribution in [1.82, 2.24) is 10.2 Å². The van der Waals surface area contributed by atoms with E-state index < -0.39 is 23.3 Å². The fraction of sp³-hybridized carbons (Fsp3) is 0.586. The molecule has 1 aromatic rings. The van der Waals surface area contributed by atoms with Gasteiger partial charge >= 0.3 is 0 Å². The number of allylic oxidation sites excluding steroid dienone is 2. The first-order chi connectivity index (χ1) is 17.4. The lowest BCUT2D eigenvalue weighted by Crippen LogP contribution is -2.54. The lowest BCUT2D eigenvalue weighted by Gasteiger charge is -2.44. The van der Waals surface area contributed by atoms with Crippen molar-refractivity contribution in [2.75, 3.05) is 32.8 Å². The van der Waals surface area contributed by atoms with Gasteiger partial charge in [0, 0.05) is 44.3 Å². The summed E-state index contributed by atoms with van der Waals surface area (Å²) in [6.07, 6.45) is 9.11. The number of primary amides is 1. The number of carbonyl (C=O) groups is 2. The molecule has 0 bridgehead atoms. The molecular weight excluding hydrogens is 454 g/mol. The van der Waals surface area contributed by atoms with E-state index in [0.29, 0.717) is 38.2 Å². The van der Waals surface area contributed by atoms with Crippen molar-refractivity contribution in [2.45, 2.75) is 64.6 Å². The van der Waals surface area contributed by atoms with Crippen LogP contribution in [0.5, 0.6) is 0 Å². The van der Waals surface area contributed by atoms with E-state index in [1.54, 1.807) is 12.2 Å². The number of nitrogens with one attached hydrogen (secondary N) is 1. The molecule has 0 saturated carbocycles. The molecular formula is C29H43N3O4. The second-order valence-electron chi connectivity index (χ2n) is 10.1. The summed E-state index contributed by atoms with van der Waals surface area (Å²) in [5, 5.41) is 15.0. The molecule has 1 aromatic carbocycles. The third-order valence-electron chi connectivity index (χ3n) is 7.34. The quantitative estimate of drug-likeness (QED) is 0.367. The number of rotatable bonds is 14. The lowest BCUT2D eigenvalue weighted by molar-refractivity contribution is -0.145. The number of ether oxygens (including phenoxy) is 1. The Labute approximate surface area is 215 Å². The van der Waals surface area contributed by atoms with Gasteiger partial charge in [0.25, 0.3) is 0 Å². The Morgan fingerprint density at radius 3 is 2.56 bits per heavy atom. The lowest BCUT2D eigenvalue weighted by atomic mass is 9.64. The Bertz CT molecular complexity index is 904. The Kier molecular flexibility index (Phi) is 10.7. The average molecular weight is 498 g/mol. The van der Waals surface area contributed by atoms with Crippen LogP contribution in [0.25, 0.3) is 0 Å². The maximum absolute atomic E-state index is 14.3. The summed E-state index contributed by atoms with van der Waals surface area (Å²) in [5.74, 6) is -1.04. The Morgan fingerprint density at radius 2 is 1.94 bits per heavy atom. The SMILES string of the molecule is CCCN(CCC)C(=O)C1([C@H](Cc2ccccc2)[C@@H](O)CNCC2CCCO2)C=CC=C(C(N)=O)C1. The minimum absolute atomic E-state index is 0.0478. The van der Waals surface area contributed by atoms with Gasteiger partial charge in [-0.2, -0.15) is 0 Å². The second kappa shape index (κ2) is 13.7. The van der Waals surface area contributed by atoms with Gasteiger partial charge in [-0.25, -0.2) is 0 Å². The third kappa shape index (κ3) is 7.05. The van der Waals surface area contributed by atoms with Gasteiger partial charge in [0.1, 0.15) is 0 Å². The highest BCUT2D eigenvalue weighted by Crippen LogP contribution is 2.44. The number of amides is 2. The predicted molar refractivity (Wildman–Crippen MR) is 142 cm³/mol. The molecule has 4 N–H and O–H groups in total. The first kappa shape index (κ1) is 28.1. The number of carbonyl (C=O) groups excluding carboxylic acids is 2. The van der Waals surface area contributed by atoms with Gasteiger partial charge in [0.05, 0.1) is 17.6 Å². The molecule has 4 atom stereocenters. The number of nitrogens with zero attached hydrogens (tertiary/aromatic N) is 1. The van der Waals surface area contributed by atoms with Crippen molar-refractivity contribution < 1.29 is 19.4 Å². The van der Waals surface area contributed by atoms with E-state index in [9.17, 15) is 14.7 Å². The van der Waals surface area contributed by atoms with Crippen molar-refractivity contribution in [3.05, 3.63) is 59.7 Å². The van der Waals surface area contributed by atoms with Gasteiger partial charge in [0.2, 0.25) is 11.8 Å². The summed E-state index contributed by atoms with van der Waals surface area (Å²) in [6.45, 7) is 7.14. The van der Waals surface area contributed by atoms with Gasteiger partial charge in [0.15, 0.2) is 0 Å². The Balaban J connectivity index is 1.96. The summed E-state index contributed by atoms with van der Waals surface area (Å²) in [4.78, 5) is 28.5. The summed E-state index contributed by atoms with van der Waals surface area (Å²) >= 11 is 0. The van der Waals surface area contributed by atoms with E-state index in [0.717, 1.165) is 37.9 Å². The van der Waals surface area contributed by atoms with Crippen LogP contribution in [-0.4, -0.2) is 66.8 Å². The van der Waals surface area contributed by atoms with Crippen LogP contribution in [0.2, 0.25) is 0 Å². The van der Waals surface area contributed by atoms with E-state index in [1.807, 2.05) is 41.3 Å². The molecule has 1 heterocycles. The molecule has 198 valence electrons. The molecule has 1 aliphatic heterocycles. The minimum atomic E-state index is -1.08. The normalized spacial score (nSPS) is 23.2. The van der Waals surface area contributed by atoms with Crippen LogP contribution < -0.4 is 11.1 Å². The van der Waals surface area contributed by atoms with E-state index in [4.69, 9.17) is 10.5 Å². The topological polar surface area (TPSA) is 105 Å². The smallest absolute Gasteiger partial charge is 0.244 e. The van der Waals surface area contributed by atoms with Crippen LogP contribution in [0, 0.1) is 11.3 Å². The minimum Gasteiger partial charge on any atom is -0.391 e. The predicted octanol–water partition coefficient (Wildman–Crippen LogP) is 2.98. The monoisotopic (exact) mass is 497 g/mol. The van der Waals surface area contributed by atoms with E-state index in [1.165, 1.54) is 0 Å². The zero-order chi connectivity index (χ0) is 26.0. The van der Waals surface area contributed by atoms with Crippen molar-refractivity contribution in [3.63, 3.8) is 0 Å². The number of benzene rings is 1. The van der Waals surface area contributed by atoms with Gasteiger partial charge in [-0.15, -0.1) is 0 Å². The van der Waals surface area contributed by atoms with E-state index >= 15 is 0 Å². The van der Waals surface area contributed by atoms with Gasteiger partial charge in [-0.05, 0) is 44.1 Å².